The molecule has 0 aliphatic carbocycles. The predicted molar refractivity (Wildman–Crippen MR) is 97.4 cm³/mol. The molecule has 128 valence electrons. The molecule has 7 heteroatoms. The Morgan fingerprint density at radius 1 is 1.16 bits per heavy atom. The van der Waals surface area contributed by atoms with Gasteiger partial charge in [0.2, 0.25) is 5.91 Å². The highest BCUT2D eigenvalue weighted by Crippen LogP contribution is 2.20. The lowest BCUT2D eigenvalue weighted by Gasteiger charge is -2.04. The summed E-state index contributed by atoms with van der Waals surface area (Å²) in [5, 5.41) is 15.5. The van der Waals surface area contributed by atoms with Gasteiger partial charge in [0.05, 0.1) is 11.4 Å². The van der Waals surface area contributed by atoms with Gasteiger partial charge in [-0.25, -0.2) is 0 Å². The van der Waals surface area contributed by atoms with Crippen molar-refractivity contribution in [3.05, 3.63) is 53.8 Å². The zero-order valence-corrected chi connectivity index (χ0v) is 14.8. The summed E-state index contributed by atoms with van der Waals surface area (Å²) in [5.41, 5.74) is 3.13. The van der Waals surface area contributed by atoms with Crippen LogP contribution in [0.2, 0.25) is 0 Å². The number of hydrogen-bond acceptors (Lipinski definition) is 6. The molecule has 0 aliphatic rings. The van der Waals surface area contributed by atoms with E-state index in [1.54, 1.807) is 13.0 Å². The van der Waals surface area contributed by atoms with Crippen molar-refractivity contribution in [2.45, 2.75) is 25.3 Å². The van der Waals surface area contributed by atoms with E-state index < -0.39 is 0 Å². The molecule has 0 radical (unpaired) electrons. The molecule has 0 saturated heterocycles. The fourth-order valence-corrected chi connectivity index (χ4v) is 2.82. The summed E-state index contributed by atoms with van der Waals surface area (Å²) >= 11 is 1.32. The first-order chi connectivity index (χ1) is 12.1. The van der Waals surface area contributed by atoms with Crippen LogP contribution >= 0.6 is 11.8 Å². The maximum absolute atomic E-state index is 11.9. The molecule has 25 heavy (non-hydrogen) atoms. The lowest BCUT2D eigenvalue weighted by molar-refractivity contribution is -0.113. The molecule has 1 aromatic carbocycles. The zero-order chi connectivity index (χ0) is 17.6. The Balaban J connectivity index is 1.55. The van der Waals surface area contributed by atoms with Gasteiger partial charge in [0.15, 0.2) is 5.82 Å². The summed E-state index contributed by atoms with van der Waals surface area (Å²) in [6, 6.07) is 13.7. The van der Waals surface area contributed by atoms with Crippen LogP contribution in [0.25, 0.3) is 11.3 Å². The van der Waals surface area contributed by atoms with Crippen LogP contribution in [0.15, 0.2) is 52.0 Å². The van der Waals surface area contributed by atoms with Gasteiger partial charge in [-0.3, -0.25) is 4.79 Å². The van der Waals surface area contributed by atoms with Crippen molar-refractivity contribution < 1.29 is 9.32 Å². The van der Waals surface area contributed by atoms with E-state index in [2.05, 4.69) is 39.7 Å². The number of carbonyl (C=O) groups excluding carboxylic acids is 1. The highest BCUT2D eigenvalue weighted by molar-refractivity contribution is 7.99. The topological polar surface area (TPSA) is 80.9 Å². The van der Waals surface area contributed by atoms with Crippen LogP contribution in [0.1, 0.15) is 18.2 Å². The third-order valence-corrected chi connectivity index (χ3v) is 4.46. The Bertz CT molecular complexity index is 844. The SMILES string of the molecule is CCc1ccc(-c2ccc(SCC(=O)Nc3cc(C)on3)nn2)cc1. The van der Waals surface area contributed by atoms with Gasteiger partial charge in [-0.1, -0.05) is 48.1 Å². The van der Waals surface area contributed by atoms with Gasteiger partial charge in [0.25, 0.3) is 0 Å². The summed E-state index contributed by atoms with van der Waals surface area (Å²) in [6.45, 7) is 3.89. The number of benzene rings is 1. The van der Waals surface area contributed by atoms with Crippen LogP contribution in [0.4, 0.5) is 5.82 Å². The van der Waals surface area contributed by atoms with Crippen LogP contribution in [-0.4, -0.2) is 27.0 Å². The molecule has 0 bridgehead atoms. The van der Waals surface area contributed by atoms with Crippen LogP contribution in [0.3, 0.4) is 0 Å². The van der Waals surface area contributed by atoms with Gasteiger partial charge in [-0.2, -0.15) is 0 Å². The van der Waals surface area contributed by atoms with Crippen molar-refractivity contribution in [3.8, 4) is 11.3 Å². The van der Waals surface area contributed by atoms with E-state index in [4.69, 9.17) is 4.52 Å². The van der Waals surface area contributed by atoms with E-state index in [0.29, 0.717) is 16.6 Å². The minimum Gasteiger partial charge on any atom is -0.360 e. The Kier molecular flexibility index (Phi) is 5.45. The third kappa shape index (κ3) is 4.67. The highest BCUT2D eigenvalue weighted by Gasteiger charge is 2.08. The fourth-order valence-electron chi connectivity index (χ4n) is 2.21. The number of carbonyl (C=O) groups is 1. The second-order valence-electron chi connectivity index (χ2n) is 5.47. The predicted octanol–water partition coefficient (Wildman–Crippen LogP) is 3.73. The number of amides is 1. The van der Waals surface area contributed by atoms with E-state index >= 15 is 0 Å². The summed E-state index contributed by atoms with van der Waals surface area (Å²) < 4.78 is 4.90. The molecule has 0 aliphatic heterocycles. The second kappa shape index (κ2) is 7.94. The maximum atomic E-state index is 11.9. The first-order valence-electron chi connectivity index (χ1n) is 7.93. The number of aromatic nitrogens is 3. The normalized spacial score (nSPS) is 10.6. The van der Waals surface area contributed by atoms with Crippen LogP contribution in [0.5, 0.6) is 0 Å². The number of aryl methyl sites for hydroxylation is 2. The van der Waals surface area contributed by atoms with Crippen molar-refractivity contribution in [1.82, 2.24) is 15.4 Å². The lowest BCUT2D eigenvalue weighted by atomic mass is 10.1. The lowest BCUT2D eigenvalue weighted by Crippen LogP contribution is -2.14. The Hall–Kier alpha value is -2.67. The van der Waals surface area contributed by atoms with Gasteiger partial charge in [-0.05, 0) is 31.0 Å². The van der Waals surface area contributed by atoms with Crippen molar-refractivity contribution in [2.75, 3.05) is 11.1 Å². The molecule has 0 saturated carbocycles. The quantitative estimate of drug-likeness (QED) is 0.679. The summed E-state index contributed by atoms with van der Waals surface area (Å²) in [6.07, 6.45) is 1.01. The third-order valence-electron chi connectivity index (χ3n) is 3.54. The van der Waals surface area contributed by atoms with E-state index in [0.717, 1.165) is 17.7 Å². The zero-order valence-electron chi connectivity index (χ0n) is 14.0. The standard InChI is InChI=1S/C18H18N4O2S/c1-3-13-4-6-14(7-5-13)15-8-9-18(21-20-15)25-11-17(23)19-16-10-12(2)24-22-16/h4-10H,3,11H2,1-2H3,(H,19,22,23). The van der Waals surface area contributed by atoms with Crippen molar-refractivity contribution in [3.63, 3.8) is 0 Å². The van der Waals surface area contributed by atoms with Gasteiger partial charge in [-0.15, -0.1) is 10.2 Å². The average Bonchev–Trinajstić information content (AvgIpc) is 3.05. The molecule has 0 atom stereocenters. The number of anilines is 1. The van der Waals surface area contributed by atoms with Gasteiger partial charge in [0, 0.05) is 11.6 Å². The first-order valence-corrected chi connectivity index (χ1v) is 8.91. The van der Waals surface area contributed by atoms with Crippen LogP contribution < -0.4 is 5.32 Å². The second-order valence-corrected chi connectivity index (χ2v) is 6.46. The van der Waals surface area contributed by atoms with E-state index in [-0.39, 0.29) is 11.7 Å². The number of rotatable bonds is 6. The Labute approximate surface area is 150 Å². The molecular weight excluding hydrogens is 336 g/mol. The maximum Gasteiger partial charge on any atom is 0.236 e. The van der Waals surface area contributed by atoms with Gasteiger partial charge in [0.1, 0.15) is 10.8 Å². The number of thioether (sulfide) groups is 1. The molecule has 0 fully saturated rings. The molecule has 2 aromatic heterocycles. The molecule has 3 rings (SSSR count). The summed E-state index contributed by atoms with van der Waals surface area (Å²) in [4.78, 5) is 11.9. The van der Waals surface area contributed by atoms with E-state index in [9.17, 15) is 4.79 Å². The Morgan fingerprint density at radius 2 is 1.96 bits per heavy atom. The van der Waals surface area contributed by atoms with E-state index in [1.807, 2.05) is 24.3 Å². The largest absolute Gasteiger partial charge is 0.360 e. The van der Waals surface area contributed by atoms with Crippen molar-refractivity contribution in [1.29, 1.82) is 0 Å². The van der Waals surface area contributed by atoms with Gasteiger partial charge >= 0.3 is 0 Å². The van der Waals surface area contributed by atoms with Crippen LogP contribution in [0, 0.1) is 6.92 Å². The molecule has 6 nitrogen and oxygen atoms in total. The molecule has 3 aromatic rings. The molecule has 0 spiro atoms. The molecule has 2 heterocycles. The molecular formula is C18H18N4O2S. The highest BCUT2D eigenvalue weighted by atomic mass is 32.2. The van der Waals surface area contributed by atoms with Crippen LogP contribution in [-0.2, 0) is 11.2 Å². The first kappa shape index (κ1) is 17.2. The van der Waals surface area contributed by atoms with Crippen molar-refractivity contribution >= 4 is 23.5 Å². The van der Waals surface area contributed by atoms with Crippen molar-refractivity contribution in [2.24, 2.45) is 0 Å². The number of nitrogens with zero attached hydrogens (tertiary/aromatic N) is 3. The number of nitrogens with one attached hydrogen (secondary N) is 1. The summed E-state index contributed by atoms with van der Waals surface area (Å²) in [7, 11) is 0. The van der Waals surface area contributed by atoms with E-state index in [1.165, 1.54) is 17.3 Å². The number of hydrogen-bond donors (Lipinski definition) is 1. The minimum absolute atomic E-state index is 0.167. The monoisotopic (exact) mass is 354 g/mol. The minimum atomic E-state index is -0.167. The fraction of sp³-hybridized carbons (Fsp3) is 0.222. The smallest absolute Gasteiger partial charge is 0.236 e. The summed E-state index contributed by atoms with van der Waals surface area (Å²) in [5.74, 6) is 1.13. The van der Waals surface area contributed by atoms with Gasteiger partial charge < -0.3 is 9.84 Å². The molecule has 1 amide bonds. The average molecular weight is 354 g/mol. The molecule has 1 N–H and O–H groups in total. The Morgan fingerprint density at radius 3 is 2.56 bits per heavy atom. The molecule has 0 unspecified atom stereocenters.